The molecule has 80 valence electrons. The van der Waals surface area contributed by atoms with Crippen molar-refractivity contribution in [2.45, 2.75) is 11.3 Å². The van der Waals surface area contributed by atoms with Crippen LogP contribution < -0.4 is 0 Å². The van der Waals surface area contributed by atoms with Gasteiger partial charge in [-0.1, -0.05) is 30.0 Å². The Labute approximate surface area is 94.7 Å². The van der Waals surface area contributed by atoms with Gasteiger partial charge in [-0.25, -0.2) is 0 Å². The van der Waals surface area contributed by atoms with Gasteiger partial charge in [0.15, 0.2) is 5.12 Å². The molecule has 0 saturated carbocycles. The summed E-state index contributed by atoms with van der Waals surface area (Å²) in [6, 6.07) is 8.19. The Bertz CT molecular complexity index is 376. The third-order valence-corrected chi connectivity index (χ3v) is 3.72. The van der Waals surface area contributed by atoms with Gasteiger partial charge in [0.05, 0.1) is 0 Å². The number of carbonyl (C=O) groups excluding carboxylic acids is 1. The highest BCUT2D eigenvalue weighted by molar-refractivity contribution is 8.13. The third-order valence-electron chi connectivity index (χ3n) is 2.57. The second-order valence-corrected chi connectivity index (χ2v) is 5.24. The van der Waals surface area contributed by atoms with Crippen molar-refractivity contribution in [2.75, 3.05) is 20.6 Å². The lowest BCUT2D eigenvalue weighted by molar-refractivity contribution is -0.115. The number of rotatable bonds is 2. The maximum absolute atomic E-state index is 11.8. The van der Waals surface area contributed by atoms with Crippen LogP contribution in [-0.4, -0.2) is 30.7 Å². The van der Waals surface area contributed by atoms with Crippen molar-refractivity contribution in [1.29, 1.82) is 0 Å². The van der Waals surface area contributed by atoms with Crippen LogP contribution in [0.3, 0.4) is 0 Å². The summed E-state index contributed by atoms with van der Waals surface area (Å²) in [4.78, 5) is 15.0. The molecular formula is C12H15NOS. The Hall–Kier alpha value is -0.800. The van der Waals surface area contributed by atoms with Crippen molar-refractivity contribution in [1.82, 2.24) is 4.90 Å². The van der Waals surface area contributed by atoms with E-state index in [-0.39, 0.29) is 5.92 Å². The fraction of sp³-hybridized carbons (Fsp3) is 0.417. The number of nitrogens with zero attached hydrogens (tertiary/aromatic N) is 1. The fourth-order valence-corrected chi connectivity index (χ4v) is 2.86. The van der Waals surface area contributed by atoms with E-state index in [9.17, 15) is 4.79 Å². The predicted octanol–water partition coefficient (Wildman–Crippen LogP) is 2.04. The van der Waals surface area contributed by atoms with Gasteiger partial charge in [0, 0.05) is 17.4 Å². The van der Waals surface area contributed by atoms with E-state index in [1.54, 1.807) is 0 Å². The summed E-state index contributed by atoms with van der Waals surface area (Å²) in [5.74, 6) is 0.153. The van der Waals surface area contributed by atoms with Crippen LogP contribution in [-0.2, 0) is 11.2 Å². The minimum absolute atomic E-state index is 0.153. The van der Waals surface area contributed by atoms with Crippen LogP contribution >= 0.6 is 11.8 Å². The quantitative estimate of drug-likeness (QED) is 0.762. The number of thioether (sulfide) groups is 1. The zero-order valence-electron chi connectivity index (χ0n) is 9.06. The van der Waals surface area contributed by atoms with Crippen molar-refractivity contribution >= 4 is 16.9 Å². The summed E-state index contributed by atoms with van der Waals surface area (Å²) in [6.07, 6.45) is 0.889. The van der Waals surface area contributed by atoms with E-state index >= 15 is 0 Å². The van der Waals surface area contributed by atoms with Gasteiger partial charge < -0.3 is 4.90 Å². The first-order chi connectivity index (χ1) is 7.16. The lowest BCUT2D eigenvalue weighted by atomic mass is 9.99. The lowest BCUT2D eigenvalue weighted by Crippen LogP contribution is -2.30. The minimum Gasteiger partial charge on any atom is -0.309 e. The Balaban J connectivity index is 2.18. The first-order valence-electron chi connectivity index (χ1n) is 5.11. The topological polar surface area (TPSA) is 20.3 Å². The number of hydrogen-bond acceptors (Lipinski definition) is 3. The van der Waals surface area contributed by atoms with Crippen LogP contribution in [0.4, 0.5) is 0 Å². The van der Waals surface area contributed by atoms with Crippen molar-refractivity contribution < 1.29 is 4.79 Å². The number of benzene rings is 1. The average Bonchev–Trinajstić information content (AvgIpc) is 2.18. The first-order valence-corrected chi connectivity index (χ1v) is 5.93. The molecular weight excluding hydrogens is 206 g/mol. The van der Waals surface area contributed by atoms with Gasteiger partial charge >= 0.3 is 0 Å². The smallest absolute Gasteiger partial charge is 0.198 e. The molecule has 0 fully saturated rings. The molecule has 2 rings (SSSR count). The van der Waals surface area contributed by atoms with E-state index in [1.165, 1.54) is 17.3 Å². The van der Waals surface area contributed by atoms with E-state index in [1.807, 2.05) is 32.3 Å². The predicted molar refractivity (Wildman–Crippen MR) is 63.1 cm³/mol. The maximum Gasteiger partial charge on any atom is 0.198 e. The molecule has 2 nitrogen and oxygen atoms in total. The number of fused-ring (bicyclic) bond motifs is 1. The molecule has 0 N–H and O–H groups in total. The van der Waals surface area contributed by atoms with Gasteiger partial charge in [0.1, 0.15) is 0 Å². The highest BCUT2D eigenvalue weighted by Crippen LogP contribution is 2.33. The molecule has 1 aliphatic heterocycles. The molecule has 1 atom stereocenters. The Morgan fingerprint density at radius 3 is 2.87 bits per heavy atom. The Morgan fingerprint density at radius 1 is 1.40 bits per heavy atom. The summed E-state index contributed by atoms with van der Waals surface area (Å²) >= 11 is 1.40. The molecule has 0 bridgehead atoms. The molecule has 3 heteroatoms. The minimum atomic E-state index is 0.153. The van der Waals surface area contributed by atoms with Gasteiger partial charge in [-0.3, -0.25) is 4.79 Å². The molecule has 0 aromatic heterocycles. The fourth-order valence-electron chi connectivity index (χ4n) is 1.89. The molecule has 0 amide bonds. The van der Waals surface area contributed by atoms with Gasteiger partial charge in [-0.2, -0.15) is 0 Å². The van der Waals surface area contributed by atoms with Gasteiger partial charge in [-0.05, 0) is 32.1 Å². The summed E-state index contributed by atoms with van der Waals surface area (Å²) in [5, 5.41) is 0.308. The molecule has 0 aliphatic carbocycles. The number of carbonyl (C=O) groups is 1. The average molecular weight is 221 g/mol. The molecule has 1 heterocycles. The summed E-state index contributed by atoms with van der Waals surface area (Å²) in [7, 11) is 4.02. The SMILES string of the molecule is CN(C)CC1Cc2ccccc2SC1=O. The molecule has 1 aromatic rings. The highest BCUT2D eigenvalue weighted by Gasteiger charge is 2.27. The highest BCUT2D eigenvalue weighted by atomic mass is 32.2. The Kier molecular flexibility index (Phi) is 3.12. The monoisotopic (exact) mass is 221 g/mol. The van der Waals surface area contributed by atoms with Crippen LogP contribution in [0, 0.1) is 5.92 Å². The molecule has 1 aliphatic rings. The maximum atomic E-state index is 11.8. The van der Waals surface area contributed by atoms with Crippen LogP contribution in [0.1, 0.15) is 5.56 Å². The van der Waals surface area contributed by atoms with Crippen LogP contribution in [0.2, 0.25) is 0 Å². The zero-order chi connectivity index (χ0) is 10.8. The summed E-state index contributed by atoms with van der Waals surface area (Å²) < 4.78 is 0. The van der Waals surface area contributed by atoms with E-state index in [4.69, 9.17) is 0 Å². The first kappa shape index (κ1) is 10.7. The molecule has 1 aromatic carbocycles. The van der Waals surface area contributed by atoms with E-state index in [0.29, 0.717) is 5.12 Å². The van der Waals surface area contributed by atoms with Crippen LogP contribution in [0.5, 0.6) is 0 Å². The van der Waals surface area contributed by atoms with E-state index in [0.717, 1.165) is 17.9 Å². The standard InChI is InChI=1S/C12H15NOS/c1-13(2)8-10-7-9-5-3-4-6-11(9)15-12(10)14/h3-6,10H,7-8H2,1-2H3. The second-order valence-electron chi connectivity index (χ2n) is 4.19. The summed E-state index contributed by atoms with van der Waals surface area (Å²) in [5.41, 5.74) is 1.31. The molecule has 15 heavy (non-hydrogen) atoms. The van der Waals surface area contributed by atoms with Crippen molar-refractivity contribution in [3.63, 3.8) is 0 Å². The molecule has 0 radical (unpaired) electrons. The third kappa shape index (κ3) is 2.41. The normalized spacial score (nSPS) is 20.5. The van der Waals surface area contributed by atoms with Crippen LogP contribution in [0.25, 0.3) is 0 Å². The molecule has 0 spiro atoms. The van der Waals surface area contributed by atoms with Crippen molar-refractivity contribution in [3.8, 4) is 0 Å². The Morgan fingerprint density at radius 2 is 2.13 bits per heavy atom. The number of hydrogen-bond donors (Lipinski definition) is 0. The van der Waals surface area contributed by atoms with Crippen molar-refractivity contribution in [3.05, 3.63) is 29.8 Å². The van der Waals surface area contributed by atoms with Crippen molar-refractivity contribution in [2.24, 2.45) is 5.92 Å². The molecule has 1 unspecified atom stereocenters. The molecule has 0 saturated heterocycles. The largest absolute Gasteiger partial charge is 0.309 e. The van der Waals surface area contributed by atoms with Gasteiger partial charge in [0.2, 0.25) is 0 Å². The zero-order valence-corrected chi connectivity index (χ0v) is 9.88. The van der Waals surface area contributed by atoms with E-state index in [2.05, 4.69) is 11.0 Å². The van der Waals surface area contributed by atoms with Gasteiger partial charge in [-0.15, -0.1) is 0 Å². The van der Waals surface area contributed by atoms with Gasteiger partial charge in [0.25, 0.3) is 0 Å². The van der Waals surface area contributed by atoms with E-state index < -0.39 is 0 Å². The second kappa shape index (κ2) is 4.37. The lowest BCUT2D eigenvalue weighted by Gasteiger charge is -2.24. The van der Waals surface area contributed by atoms with Crippen LogP contribution in [0.15, 0.2) is 29.2 Å². The summed E-state index contributed by atoms with van der Waals surface area (Å²) in [6.45, 7) is 0.847.